The van der Waals surface area contributed by atoms with Crippen molar-refractivity contribution in [3.63, 3.8) is 0 Å². The second-order valence-electron chi connectivity index (χ2n) is 9.73. The normalized spacial score (nSPS) is 20.7. The fraction of sp³-hybridized carbons (Fsp3) is 0.345. The van der Waals surface area contributed by atoms with Crippen LogP contribution in [-0.2, 0) is 19.1 Å². The number of hydrogen-bond donors (Lipinski definition) is 1. The number of amides is 2. The third-order valence-corrected chi connectivity index (χ3v) is 8.92. The Morgan fingerprint density at radius 2 is 1.88 bits per heavy atom. The number of thiazole rings is 1. The first kappa shape index (κ1) is 30.2. The molecule has 1 fully saturated rings. The van der Waals surface area contributed by atoms with Crippen LogP contribution in [0, 0.1) is 11.8 Å². The van der Waals surface area contributed by atoms with Gasteiger partial charge in [0.2, 0.25) is 5.91 Å². The predicted octanol–water partition coefficient (Wildman–Crippen LogP) is 4.33. The maximum absolute atomic E-state index is 13.0. The summed E-state index contributed by atoms with van der Waals surface area (Å²) in [6, 6.07) is 7.16. The van der Waals surface area contributed by atoms with Crippen molar-refractivity contribution in [3.05, 3.63) is 71.1 Å². The topological polar surface area (TPSA) is 122 Å². The van der Waals surface area contributed by atoms with Crippen molar-refractivity contribution < 1.29 is 29.0 Å². The Bertz CT molecular complexity index is 1410. The fourth-order valence-electron chi connectivity index (χ4n) is 4.84. The van der Waals surface area contributed by atoms with Crippen LogP contribution in [0.2, 0.25) is 0 Å². The zero-order valence-electron chi connectivity index (χ0n) is 23.3. The van der Waals surface area contributed by atoms with Crippen molar-refractivity contribution in [2.45, 2.75) is 30.3 Å². The molecule has 0 radical (unpaired) electrons. The minimum absolute atomic E-state index is 0.0227. The SMILES string of the molecule is C=CCOC(=O)/N=C(/c1ccc(-c2csc(SC3=C(C(=O)OCC=C)N4C(=O)[C@H]([C@@H](C)O)[C@H]4[C@H]3C)n2)cc1)N(C)C. The number of carbonyl (C=O) groups excluding carboxylic acids is 3. The second-order valence-corrected chi connectivity index (χ2v) is 11.9. The van der Waals surface area contributed by atoms with Gasteiger partial charge in [-0.05, 0) is 6.92 Å². The van der Waals surface area contributed by atoms with Gasteiger partial charge in [0, 0.05) is 41.4 Å². The lowest BCUT2D eigenvalue weighted by Gasteiger charge is -2.46. The average molecular weight is 597 g/mol. The van der Waals surface area contributed by atoms with E-state index < -0.39 is 24.1 Å². The van der Waals surface area contributed by atoms with Crippen LogP contribution >= 0.6 is 23.1 Å². The number of ether oxygens (including phenoxy) is 2. The molecule has 12 heteroatoms. The number of aliphatic hydroxyl groups excluding tert-OH is 1. The number of esters is 1. The Balaban J connectivity index is 1.57. The number of amidine groups is 1. The largest absolute Gasteiger partial charge is 0.457 e. The minimum atomic E-state index is -0.828. The third-order valence-electron chi connectivity index (χ3n) is 6.70. The number of carbonyl (C=O) groups is 3. The lowest BCUT2D eigenvalue weighted by Crippen LogP contribution is -2.63. The minimum Gasteiger partial charge on any atom is -0.457 e. The Hall–Kier alpha value is -3.74. The van der Waals surface area contributed by atoms with E-state index >= 15 is 0 Å². The molecule has 0 bridgehead atoms. The van der Waals surface area contributed by atoms with E-state index in [1.165, 1.54) is 40.2 Å². The van der Waals surface area contributed by atoms with E-state index in [4.69, 9.17) is 14.5 Å². The standard InChI is InChI=1S/C29H32N4O6S2/c1-7-13-38-27(36)23-24(16(3)22-21(17(4)34)26(35)33(22)23)41-29-30-20(15-40-29)18-9-11-19(12-10-18)25(32(5)6)31-28(37)39-14-8-2/h7-12,15-17,21-22,34H,1-2,13-14H2,3-6H3/b31-25-/t16-,17-,21-,22-/m1/s1. The summed E-state index contributed by atoms with van der Waals surface area (Å²) in [4.78, 5) is 50.6. The number of aliphatic imine (C=N–C) groups is 1. The van der Waals surface area contributed by atoms with Crippen LogP contribution < -0.4 is 0 Å². The summed E-state index contributed by atoms with van der Waals surface area (Å²) in [6.45, 7) is 10.7. The highest BCUT2D eigenvalue weighted by Gasteiger charge is 2.60. The fourth-order valence-corrected chi connectivity index (χ4v) is 6.94. The van der Waals surface area contributed by atoms with E-state index in [-0.39, 0.29) is 36.8 Å². The molecule has 0 unspecified atom stereocenters. The summed E-state index contributed by atoms with van der Waals surface area (Å²) in [5.41, 5.74) is 2.53. The highest BCUT2D eigenvalue weighted by molar-refractivity contribution is 8.04. The number of rotatable bonds is 10. The van der Waals surface area contributed by atoms with E-state index in [9.17, 15) is 19.5 Å². The lowest BCUT2D eigenvalue weighted by atomic mass is 9.79. The second kappa shape index (κ2) is 12.8. The molecule has 4 rings (SSSR count). The van der Waals surface area contributed by atoms with Gasteiger partial charge in [0.05, 0.1) is 23.8 Å². The number of aliphatic hydroxyl groups is 1. The van der Waals surface area contributed by atoms with Gasteiger partial charge >= 0.3 is 12.1 Å². The monoisotopic (exact) mass is 596 g/mol. The zero-order valence-corrected chi connectivity index (χ0v) is 24.9. The summed E-state index contributed by atoms with van der Waals surface area (Å²) < 4.78 is 11.0. The van der Waals surface area contributed by atoms with Crippen LogP contribution in [0.3, 0.4) is 0 Å². The van der Waals surface area contributed by atoms with E-state index in [1.807, 2.05) is 36.6 Å². The number of fused-ring (bicyclic) bond motifs is 1. The lowest BCUT2D eigenvalue weighted by molar-refractivity contribution is -0.164. The summed E-state index contributed by atoms with van der Waals surface area (Å²) in [7, 11) is 3.58. The average Bonchev–Trinajstić information content (AvgIpc) is 3.50. The van der Waals surface area contributed by atoms with Crippen molar-refractivity contribution in [1.29, 1.82) is 0 Å². The summed E-state index contributed by atoms with van der Waals surface area (Å²) in [5.74, 6) is -1.19. The van der Waals surface area contributed by atoms with Gasteiger partial charge in [0.15, 0.2) is 4.34 Å². The van der Waals surface area contributed by atoms with E-state index in [2.05, 4.69) is 18.2 Å². The van der Waals surface area contributed by atoms with Gasteiger partial charge in [0.1, 0.15) is 24.7 Å². The molecule has 0 saturated carbocycles. The number of nitrogens with zero attached hydrogens (tertiary/aromatic N) is 4. The Morgan fingerprint density at radius 3 is 2.49 bits per heavy atom. The van der Waals surface area contributed by atoms with Crippen LogP contribution in [-0.4, -0.2) is 83.2 Å². The first-order valence-corrected chi connectivity index (χ1v) is 14.6. The van der Waals surface area contributed by atoms with Crippen molar-refractivity contribution in [2.24, 2.45) is 16.8 Å². The third kappa shape index (κ3) is 6.14. The molecule has 1 N–H and O–H groups in total. The smallest absolute Gasteiger partial charge is 0.435 e. The van der Waals surface area contributed by atoms with Crippen molar-refractivity contribution >= 4 is 46.9 Å². The first-order chi connectivity index (χ1) is 19.6. The molecule has 1 saturated heterocycles. The molecule has 2 aliphatic rings. The molecule has 0 spiro atoms. The van der Waals surface area contributed by atoms with Gasteiger partial charge in [0.25, 0.3) is 0 Å². The van der Waals surface area contributed by atoms with Gasteiger partial charge in [-0.2, -0.15) is 4.99 Å². The molecule has 1 aromatic carbocycles. The van der Waals surface area contributed by atoms with Crippen LogP contribution in [0.5, 0.6) is 0 Å². The van der Waals surface area contributed by atoms with Crippen LogP contribution in [0.25, 0.3) is 11.3 Å². The summed E-state index contributed by atoms with van der Waals surface area (Å²) in [6.07, 6.45) is 1.42. The van der Waals surface area contributed by atoms with Gasteiger partial charge < -0.3 is 24.4 Å². The van der Waals surface area contributed by atoms with Crippen molar-refractivity contribution in [2.75, 3.05) is 27.3 Å². The van der Waals surface area contributed by atoms with Gasteiger partial charge in [-0.1, -0.05) is 68.3 Å². The molecule has 2 aromatic rings. The molecule has 2 aliphatic heterocycles. The Kier molecular flexibility index (Phi) is 9.46. The molecule has 1 aromatic heterocycles. The Morgan fingerprint density at radius 1 is 1.22 bits per heavy atom. The predicted molar refractivity (Wildman–Crippen MR) is 158 cm³/mol. The van der Waals surface area contributed by atoms with Gasteiger partial charge in [-0.25, -0.2) is 14.6 Å². The van der Waals surface area contributed by atoms with E-state index in [0.717, 1.165) is 16.8 Å². The van der Waals surface area contributed by atoms with Crippen molar-refractivity contribution in [1.82, 2.24) is 14.8 Å². The highest BCUT2D eigenvalue weighted by atomic mass is 32.2. The molecule has 4 atom stereocenters. The zero-order chi connectivity index (χ0) is 29.8. The molecule has 41 heavy (non-hydrogen) atoms. The summed E-state index contributed by atoms with van der Waals surface area (Å²) in [5, 5.41) is 12.1. The number of benzene rings is 1. The maximum Gasteiger partial charge on any atom is 0.435 e. The first-order valence-electron chi connectivity index (χ1n) is 12.9. The molecular formula is C29H32N4O6S2. The molecule has 2 amide bonds. The molecular weight excluding hydrogens is 564 g/mol. The Labute approximate surface area is 247 Å². The van der Waals surface area contributed by atoms with Crippen LogP contribution in [0.4, 0.5) is 4.79 Å². The van der Waals surface area contributed by atoms with Gasteiger partial charge in [-0.3, -0.25) is 4.79 Å². The van der Waals surface area contributed by atoms with E-state index in [0.29, 0.717) is 15.1 Å². The number of aromatic nitrogens is 1. The molecule has 3 heterocycles. The highest BCUT2D eigenvalue weighted by Crippen LogP contribution is 2.52. The van der Waals surface area contributed by atoms with Gasteiger partial charge in [-0.15, -0.1) is 11.3 Å². The molecule has 10 nitrogen and oxygen atoms in total. The molecule has 0 aliphatic carbocycles. The number of thioether (sulfide) groups is 1. The quantitative estimate of drug-likeness (QED) is 0.140. The van der Waals surface area contributed by atoms with E-state index in [1.54, 1.807) is 25.9 Å². The van der Waals surface area contributed by atoms with Crippen LogP contribution in [0.15, 0.2) is 74.9 Å². The van der Waals surface area contributed by atoms with Crippen molar-refractivity contribution in [3.8, 4) is 11.3 Å². The maximum atomic E-state index is 13.0. The van der Waals surface area contributed by atoms with Crippen LogP contribution in [0.1, 0.15) is 19.4 Å². The number of β-lactam (4-membered cyclic amide) rings is 1. The molecule has 216 valence electrons. The number of hydrogen-bond acceptors (Lipinski definition) is 9. The summed E-state index contributed by atoms with van der Waals surface area (Å²) >= 11 is 2.76.